The number of likely N-dealkylation sites (N-methyl/N-ethyl adjacent to an activating group) is 1. The molecule has 2 aliphatic heterocycles. The highest BCUT2D eigenvalue weighted by molar-refractivity contribution is 6.02. The van der Waals surface area contributed by atoms with Gasteiger partial charge in [0.15, 0.2) is 11.5 Å². The van der Waals surface area contributed by atoms with Gasteiger partial charge in [-0.05, 0) is 90.5 Å². The van der Waals surface area contributed by atoms with Crippen molar-refractivity contribution in [2.75, 3.05) is 71.4 Å². The van der Waals surface area contributed by atoms with Crippen LogP contribution in [0.2, 0.25) is 0 Å². The summed E-state index contributed by atoms with van der Waals surface area (Å²) in [6, 6.07) is 9.07. The van der Waals surface area contributed by atoms with Gasteiger partial charge < -0.3 is 49.4 Å². The zero-order valence-corrected chi connectivity index (χ0v) is 29.7. The monoisotopic (exact) mass is 683 g/mol. The summed E-state index contributed by atoms with van der Waals surface area (Å²) in [4.78, 5) is 45.7. The van der Waals surface area contributed by atoms with Gasteiger partial charge >= 0.3 is 6.03 Å². The fourth-order valence-electron chi connectivity index (χ4n) is 5.84. The highest BCUT2D eigenvalue weighted by Crippen LogP contribution is 2.34. The van der Waals surface area contributed by atoms with Crippen LogP contribution in [0.25, 0.3) is 0 Å². The first-order chi connectivity index (χ1) is 23.4. The number of carbonyl (C=O) groups is 3. The van der Waals surface area contributed by atoms with Crippen LogP contribution in [0.3, 0.4) is 0 Å². The van der Waals surface area contributed by atoms with Crippen LogP contribution in [-0.2, 0) is 9.53 Å². The van der Waals surface area contributed by atoms with Crippen LogP contribution in [-0.4, -0.2) is 117 Å². The lowest BCUT2D eigenvalue weighted by atomic mass is 10.0. The number of hydrogen-bond donors (Lipinski definition) is 3. The van der Waals surface area contributed by atoms with Crippen molar-refractivity contribution in [3.63, 3.8) is 0 Å². The number of carbonyl (C=O) groups excluding carboxylic acids is 3. The molecule has 0 saturated carbocycles. The van der Waals surface area contributed by atoms with Crippen molar-refractivity contribution in [3.05, 3.63) is 42.0 Å². The molecule has 4 atom stereocenters. The minimum Gasteiger partial charge on any atom is -0.490 e. The van der Waals surface area contributed by atoms with Gasteiger partial charge in [0, 0.05) is 56.5 Å². The van der Waals surface area contributed by atoms with E-state index in [9.17, 15) is 19.5 Å². The molecule has 13 nitrogen and oxygen atoms in total. The van der Waals surface area contributed by atoms with Crippen LogP contribution >= 0.6 is 0 Å². The third-order valence-corrected chi connectivity index (χ3v) is 8.82. The van der Waals surface area contributed by atoms with E-state index in [1.165, 1.54) is 0 Å². The Morgan fingerprint density at radius 3 is 2.41 bits per heavy atom. The van der Waals surface area contributed by atoms with E-state index in [0.717, 1.165) is 32.2 Å². The molecule has 2 aromatic carbocycles. The topological polar surface area (TPSA) is 142 Å². The molecule has 13 heteroatoms. The molecule has 0 unspecified atom stereocenters. The van der Waals surface area contributed by atoms with Crippen molar-refractivity contribution in [2.24, 2.45) is 5.92 Å². The summed E-state index contributed by atoms with van der Waals surface area (Å²) in [5, 5.41) is 15.8. The van der Waals surface area contributed by atoms with Gasteiger partial charge in [-0.3, -0.25) is 9.59 Å². The minimum atomic E-state index is -0.523. The second-order valence-electron chi connectivity index (χ2n) is 13.3. The van der Waals surface area contributed by atoms with Crippen molar-refractivity contribution in [2.45, 2.75) is 71.1 Å². The normalized spacial score (nSPS) is 20.5. The second kappa shape index (κ2) is 18.1. The summed E-state index contributed by atoms with van der Waals surface area (Å²) in [5.41, 5.74) is 1.17. The standard InChI is InChI=1S/C36H53N5O8/c1-24-20-41(25(2)22-42)35(44)29-18-27(37-36(45)38-28-13-15-31-32(19-28)48-23-47-31)12-14-30(29)49-26(3)10-7-8-17-46-33(24)21-40(6)34(43)11-9-16-39(4)5/h12-15,18-19,24-26,33,42H,7-11,16-17,20-23H2,1-6H3,(H2,37,38,45)/t24-,25+,26+,33-/m0/s1. The Bertz CT molecular complexity index is 1420. The number of urea groups is 1. The highest BCUT2D eigenvalue weighted by Gasteiger charge is 2.31. The van der Waals surface area contributed by atoms with Gasteiger partial charge in [0.25, 0.3) is 5.91 Å². The molecule has 4 amide bonds. The van der Waals surface area contributed by atoms with Crippen molar-refractivity contribution in [1.29, 1.82) is 0 Å². The number of aliphatic hydroxyl groups excluding tert-OH is 1. The first kappa shape index (κ1) is 37.7. The molecule has 2 aliphatic rings. The van der Waals surface area contributed by atoms with E-state index in [1.54, 1.807) is 60.2 Å². The van der Waals surface area contributed by atoms with Gasteiger partial charge in [-0.15, -0.1) is 0 Å². The summed E-state index contributed by atoms with van der Waals surface area (Å²) in [6.07, 6.45) is 3.13. The highest BCUT2D eigenvalue weighted by atomic mass is 16.7. The van der Waals surface area contributed by atoms with Gasteiger partial charge in [-0.1, -0.05) is 6.92 Å². The molecule has 0 radical (unpaired) electrons. The SMILES string of the molecule is C[C@@H]1CCCCO[C@@H](CN(C)C(=O)CCCN(C)C)[C@@H](C)CN([C@H](C)CO)C(=O)c2cc(NC(=O)Nc3ccc4c(c3)OCO4)ccc2O1. The maximum atomic E-state index is 14.4. The molecular weight excluding hydrogens is 630 g/mol. The van der Waals surface area contributed by atoms with E-state index >= 15 is 0 Å². The maximum absolute atomic E-state index is 14.4. The van der Waals surface area contributed by atoms with Crippen LogP contribution in [0.4, 0.5) is 16.2 Å². The number of benzene rings is 2. The zero-order valence-electron chi connectivity index (χ0n) is 29.7. The fraction of sp³-hybridized carbons (Fsp3) is 0.583. The van der Waals surface area contributed by atoms with Gasteiger partial charge in [0.05, 0.1) is 30.4 Å². The van der Waals surface area contributed by atoms with Crippen molar-refractivity contribution in [3.8, 4) is 17.2 Å². The third kappa shape index (κ3) is 11.0. The summed E-state index contributed by atoms with van der Waals surface area (Å²) in [7, 11) is 5.77. The maximum Gasteiger partial charge on any atom is 0.323 e. The molecule has 3 N–H and O–H groups in total. The van der Waals surface area contributed by atoms with E-state index in [4.69, 9.17) is 18.9 Å². The lowest BCUT2D eigenvalue weighted by Gasteiger charge is -2.36. The average Bonchev–Trinajstić information content (AvgIpc) is 3.53. The quantitative estimate of drug-likeness (QED) is 0.326. The molecule has 0 bridgehead atoms. The molecule has 2 heterocycles. The van der Waals surface area contributed by atoms with Crippen molar-refractivity contribution >= 4 is 29.2 Å². The molecule has 0 aromatic heterocycles. The Labute approximate surface area is 289 Å². The summed E-state index contributed by atoms with van der Waals surface area (Å²) < 4.78 is 23.4. The number of fused-ring (bicyclic) bond motifs is 2. The van der Waals surface area contributed by atoms with Crippen molar-refractivity contribution in [1.82, 2.24) is 14.7 Å². The molecule has 4 rings (SSSR count). The van der Waals surface area contributed by atoms with Crippen molar-refractivity contribution < 1.29 is 38.4 Å². The van der Waals surface area contributed by atoms with E-state index in [-0.39, 0.29) is 55.4 Å². The average molecular weight is 684 g/mol. The van der Waals surface area contributed by atoms with E-state index in [2.05, 4.69) is 15.5 Å². The number of anilines is 2. The van der Waals surface area contributed by atoms with E-state index < -0.39 is 12.1 Å². The molecule has 2 aromatic rings. The lowest BCUT2D eigenvalue weighted by molar-refractivity contribution is -0.132. The molecule has 0 saturated heterocycles. The van der Waals surface area contributed by atoms with Crippen LogP contribution in [0.15, 0.2) is 36.4 Å². The number of ether oxygens (including phenoxy) is 4. The summed E-state index contributed by atoms with van der Waals surface area (Å²) >= 11 is 0. The first-order valence-corrected chi connectivity index (χ1v) is 17.2. The summed E-state index contributed by atoms with van der Waals surface area (Å²) in [5.74, 6) is 1.08. The number of amides is 4. The first-order valence-electron chi connectivity index (χ1n) is 17.2. The second-order valence-corrected chi connectivity index (χ2v) is 13.3. The Hall–Kier alpha value is -4.07. The number of nitrogens with one attached hydrogen (secondary N) is 2. The third-order valence-electron chi connectivity index (χ3n) is 8.82. The van der Waals surface area contributed by atoms with Gasteiger partial charge in [-0.2, -0.15) is 0 Å². The van der Waals surface area contributed by atoms with Crippen LogP contribution in [0, 0.1) is 5.92 Å². The van der Waals surface area contributed by atoms with E-state index in [0.29, 0.717) is 48.2 Å². The molecule has 270 valence electrons. The number of nitrogens with zero attached hydrogens (tertiary/aromatic N) is 3. The van der Waals surface area contributed by atoms with Crippen LogP contribution < -0.4 is 24.8 Å². The van der Waals surface area contributed by atoms with E-state index in [1.807, 2.05) is 27.9 Å². The van der Waals surface area contributed by atoms with Crippen LogP contribution in [0.5, 0.6) is 17.2 Å². The Morgan fingerprint density at radius 1 is 1.00 bits per heavy atom. The molecule has 49 heavy (non-hydrogen) atoms. The predicted octanol–water partition coefficient (Wildman–Crippen LogP) is 4.66. The number of hydrogen-bond acceptors (Lipinski definition) is 9. The number of aliphatic hydroxyl groups is 1. The molecular formula is C36H53N5O8. The largest absolute Gasteiger partial charge is 0.490 e. The molecule has 0 fully saturated rings. The Kier molecular flexibility index (Phi) is 13.9. The Morgan fingerprint density at radius 2 is 1.69 bits per heavy atom. The van der Waals surface area contributed by atoms with Gasteiger partial charge in [-0.25, -0.2) is 4.79 Å². The fourth-order valence-corrected chi connectivity index (χ4v) is 5.84. The zero-order chi connectivity index (χ0) is 35.5. The van der Waals surface area contributed by atoms with Crippen LogP contribution in [0.1, 0.15) is 63.2 Å². The molecule has 0 spiro atoms. The molecule has 0 aliphatic carbocycles. The smallest absolute Gasteiger partial charge is 0.323 e. The predicted molar refractivity (Wildman–Crippen MR) is 188 cm³/mol. The van der Waals surface area contributed by atoms with Gasteiger partial charge in [0.2, 0.25) is 12.7 Å². The lowest BCUT2D eigenvalue weighted by Crippen LogP contribution is -2.48. The minimum absolute atomic E-state index is 0.0520. The summed E-state index contributed by atoms with van der Waals surface area (Å²) in [6.45, 7) is 7.63. The number of rotatable bonds is 10. The van der Waals surface area contributed by atoms with Gasteiger partial charge in [0.1, 0.15) is 5.75 Å². The Balaban J connectivity index is 1.55.